The SMILES string of the molecule is COC(=O)[C@H]1[C@H](c2ccccc2)[C@]1(c1ccccc1)[C@H](C)O. The van der Waals surface area contributed by atoms with E-state index in [0.29, 0.717) is 0 Å². The fourth-order valence-corrected chi connectivity index (χ4v) is 3.84. The van der Waals surface area contributed by atoms with Crippen LogP contribution in [0.2, 0.25) is 0 Å². The molecule has 4 atom stereocenters. The predicted octanol–water partition coefficient (Wildman–Crippen LogP) is 2.89. The number of methoxy groups -OCH3 is 1. The fourth-order valence-electron chi connectivity index (χ4n) is 3.84. The molecule has 0 aromatic heterocycles. The highest BCUT2D eigenvalue weighted by atomic mass is 16.5. The van der Waals surface area contributed by atoms with Gasteiger partial charge in [0.25, 0.3) is 0 Å². The molecule has 3 rings (SSSR count). The number of carbonyl (C=O) groups excluding carboxylic acids is 1. The van der Waals surface area contributed by atoms with Gasteiger partial charge in [-0.1, -0.05) is 60.7 Å². The summed E-state index contributed by atoms with van der Waals surface area (Å²) < 4.78 is 5.00. The summed E-state index contributed by atoms with van der Waals surface area (Å²) in [4.78, 5) is 12.3. The zero-order valence-electron chi connectivity index (χ0n) is 12.8. The van der Waals surface area contributed by atoms with Crippen LogP contribution in [0.5, 0.6) is 0 Å². The third-order valence-electron chi connectivity index (χ3n) is 4.83. The Morgan fingerprint density at radius 3 is 2.14 bits per heavy atom. The van der Waals surface area contributed by atoms with Gasteiger partial charge >= 0.3 is 5.97 Å². The third-order valence-corrected chi connectivity index (χ3v) is 4.83. The molecule has 2 aromatic rings. The molecule has 3 nitrogen and oxygen atoms in total. The van der Waals surface area contributed by atoms with Crippen molar-refractivity contribution in [1.29, 1.82) is 0 Å². The Balaban J connectivity index is 2.13. The van der Waals surface area contributed by atoms with Crippen LogP contribution in [0.15, 0.2) is 60.7 Å². The Kier molecular flexibility index (Phi) is 3.75. The van der Waals surface area contributed by atoms with Crippen molar-refractivity contribution in [2.75, 3.05) is 7.11 Å². The molecule has 2 aromatic carbocycles. The molecule has 0 radical (unpaired) electrons. The van der Waals surface area contributed by atoms with Crippen LogP contribution in [0, 0.1) is 5.92 Å². The first kappa shape index (κ1) is 14.8. The number of ether oxygens (including phenoxy) is 1. The number of hydrogen-bond donors (Lipinski definition) is 1. The lowest BCUT2D eigenvalue weighted by molar-refractivity contribution is -0.143. The fraction of sp³-hybridized carbons (Fsp3) is 0.316. The Morgan fingerprint density at radius 2 is 1.64 bits per heavy atom. The monoisotopic (exact) mass is 296 g/mol. The quantitative estimate of drug-likeness (QED) is 0.883. The van der Waals surface area contributed by atoms with E-state index in [1.165, 1.54) is 7.11 Å². The largest absolute Gasteiger partial charge is 0.469 e. The van der Waals surface area contributed by atoms with Crippen molar-refractivity contribution in [2.24, 2.45) is 5.92 Å². The standard InChI is InChI=1S/C19H20O3/c1-13(20)19(15-11-7-4-8-12-15)16(17(19)18(21)22-2)14-9-5-3-6-10-14/h3-13,16-17,20H,1-2H3/t13-,16-,17+,19+/m0/s1. The zero-order chi connectivity index (χ0) is 15.7. The maximum Gasteiger partial charge on any atom is 0.310 e. The van der Waals surface area contributed by atoms with Crippen LogP contribution in [-0.2, 0) is 14.9 Å². The Labute approximate surface area is 130 Å². The van der Waals surface area contributed by atoms with E-state index in [0.717, 1.165) is 11.1 Å². The second-order valence-corrected chi connectivity index (χ2v) is 5.86. The van der Waals surface area contributed by atoms with Gasteiger partial charge in [0.1, 0.15) is 0 Å². The van der Waals surface area contributed by atoms with Gasteiger partial charge in [-0.3, -0.25) is 4.79 Å². The first-order valence-corrected chi connectivity index (χ1v) is 7.50. The molecule has 3 heteroatoms. The number of rotatable bonds is 4. The van der Waals surface area contributed by atoms with Gasteiger partial charge in [0.15, 0.2) is 0 Å². The lowest BCUT2D eigenvalue weighted by Gasteiger charge is -2.22. The molecule has 1 aliphatic carbocycles. The minimum absolute atomic E-state index is 0.0662. The maximum atomic E-state index is 12.3. The lowest BCUT2D eigenvalue weighted by atomic mass is 9.85. The Morgan fingerprint density at radius 1 is 1.09 bits per heavy atom. The zero-order valence-corrected chi connectivity index (χ0v) is 12.8. The second-order valence-electron chi connectivity index (χ2n) is 5.86. The van der Waals surface area contributed by atoms with Crippen LogP contribution in [0.4, 0.5) is 0 Å². The number of benzene rings is 2. The van der Waals surface area contributed by atoms with E-state index in [1.54, 1.807) is 6.92 Å². The number of aliphatic hydroxyl groups excluding tert-OH is 1. The molecule has 0 saturated heterocycles. The summed E-state index contributed by atoms with van der Waals surface area (Å²) >= 11 is 0. The van der Waals surface area contributed by atoms with Gasteiger partial charge in [0, 0.05) is 11.3 Å². The minimum Gasteiger partial charge on any atom is -0.469 e. The van der Waals surface area contributed by atoms with Gasteiger partial charge in [-0.2, -0.15) is 0 Å². The maximum absolute atomic E-state index is 12.3. The van der Waals surface area contributed by atoms with E-state index in [-0.39, 0.29) is 17.8 Å². The summed E-state index contributed by atoms with van der Waals surface area (Å²) in [5.41, 5.74) is 1.42. The normalized spacial score (nSPS) is 28.0. The van der Waals surface area contributed by atoms with Gasteiger partial charge in [-0.25, -0.2) is 0 Å². The number of carbonyl (C=O) groups is 1. The van der Waals surface area contributed by atoms with E-state index in [4.69, 9.17) is 4.74 Å². The molecule has 1 N–H and O–H groups in total. The molecule has 114 valence electrons. The van der Waals surface area contributed by atoms with Crippen molar-refractivity contribution < 1.29 is 14.6 Å². The molecule has 0 unspecified atom stereocenters. The van der Waals surface area contributed by atoms with Crippen molar-refractivity contribution in [1.82, 2.24) is 0 Å². The van der Waals surface area contributed by atoms with Crippen LogP contribution in [0.1, 0.15) is 24.0 Å². The smallest absolute Gasteiger partial charge is 0.310 e. The molecular formula is C19H20O3. The predicted molar refractivity (Wildman–Crippen MR) is 84.5 cm³/mol. The van der Waals surface area contributed by atoms with Crippen LogP contribution in [-0.4, -0.2) is 24.3 Å². The summed E-state index contributed by atoms with van der Waals surface area (Å²) in [5, 5.41) is 10.5. The summed E-state index contributed by atoms with van der Waals surface area (Å²) in [5.74, 6) is -0.690. The molecule has 1 saturated carbocycles. The van der Waals surface area contributed by atoms with Crippen LogP contribution < -0.4 is 0 Å². The molecule has 0 aliphatic heterocycles. The summed E-state index contributed by atoms with van der Waals surface area (Å²) in [6.07, 6.45) is -0.649. The van der Waals surface area contributed by atoms with Crippen LogP contribution >= 0.6 is 0 Å². The van der Waals surface area contributed by atoms with E-state index in [1.807, 2.05) is 60.7 Å². The van der Waals surface area contributed by atoms with Gasteiger partial charge in [-0.05, 0) is 18.1 Å². The second kappa shape index (κ2) is 5.58. The number of esters is 1. The molecular weight excluding hydrogens is 276 g/mol. The molecule has 0 spiro atoms. The Bertz CT molecular complexity index is 651. The highest BCUT2D eigenvalue weighted by Gasteiger charge is 2.72. The summed E-state index contributed by atoms with van der Waals surface area (Å²) in [6, 6.07) is 19.7. The van der Waals surface area contributed by atoms with Crippen molar-refractivity contribution in [3.8, 4) is 0 Å². The van der Waals surface area contributed by atoms with Crippen molar-refractivity contribution in [3.63, 3.8) is 0 Å². The first-order chi connectivity index (χ1) is 10.6. The van der Waals surface area contributed by atoms with E-state index in [9.17, 15) is 9.90 Å². The highest BCUT2D eigenvalue weighted by Crippen LogP contribution is 2.67. The molecule has 22 heavy (non-hydrogen) atoms. The molecule has 1 aliphatic rings. The third kappa shape index (κ3) is 2.04. The molecule has 0 amide bonds. The average Bonchev–Trinajstić information content (AvgIpc) is 3.27. The number of aliphatic hydroxyl groups is 1. The Hall–Kier alpha value is -2.13. The van der Waals surface area contributed by atoms with E-state index < -0.39 is 11.5 Å². The van der Waals surface area contributed by atoms with Gasteiger partial charge in [-0.15, -0.1) is 0 Å². The highest BCUT2D eigenvalue weighted by molar-refractivity contribution is 5.83. The average molecular weight is 296 g/mol. The first-order valence-electron chi connectivity index (χ1n) is 7.50. The topological polar surface area (TPSA) is 46.5 Å². The lowest BCUT2D eigenvalue weighted by Crippen LogP contribution is -2.28. The van der Waals surface area contributed by atoms with Gasteiger partial charge in [0.05, 0.1) is 19.1 Å². The summed E-state index contributed by atoms with van der Waals surface area (Å²) in [7, 11) is 1.40. The van der Waals surface area contributed by atoms with Crippen LogP contribution in [0.3, 0.4) is 0 Å². The van der Waals surface area contributed by atoms with E-state index >= 15 is 0 Å². The molecule has 0 heterocycles. The minimum atomic E-state index is -0.649. The number of hydrogen-bond acceptors (Lipinski definition) is 3. The molecule has 1 fully saturated rings. The van der Waals surface area contributed by atoms with E-state index in [2.05, 4.69) is 0 Å². The van der Waals surface area contributed by atoms with Crippen LogP contribution in [0.25, 0.3) is 0 Å². The van der Waals surface area contributed by atoms with Crippen molar-refractivity contribution in [2.45, 2.75) is 24.4 Å². The summed E-state index contributed by atoms with van der Waals surface area (Å²) in [6.45, 7) is 1.76. The van der Waals surface area contributed by atoms with Crippen molar-refractivity contribution in [3.05, 3.63) is 71.8 Å². The molecule has 0 bridgehead atoms. The van der Waals surface area contributed by atoms with Crippen molar-refractivity contribution >= 4 is 5.97 Å². The van der Waals surface area contributed by atoms with Gasteiger partial charge < -0.3 is 9.84 Å². The van der Waals surface area contributed by atoms with Gasteiger partial charge in [0.2, 0.25) is 0 Å².